The lowest BCUT2D eigenvalue weighted by Gasteiger charge is -2.25. The van der Waals surface area contributed by atoms with Crippen molar-refractivity contribution >= 4 is 0 Å². The molecule has 1 aromatic carbocycles. The Kier molecular flexibility index (Phi) is 3.50. The molecule has 0 saturated carbocycles. The van der Waals surface area contributed by atoms with Gasteiger partial charge in [0.25, 0.3) is 0 Å². The van der Waals surface area contributed by atoms with Crippen LogP contribution in [0.25, 0.3) is 0 Å². The highest BCUT2D eigenvalue weighted by atomic mass is 19.1. The van der Waals surface area contributed by atoms with Crippen LogP contribution >= 0.6 is 0 Å². The van der Waals surface area contributed by atoms with Crippen LogP contribution in [-0.4, -0.2) is 12.7 Å². The van der Waals surface area contributed by atoms with Crippen LogP contribution < -0.4 is 5.73 Å². The first-order valence-corrected chi connectivity index (χ1v) is 6.14. The van der Waals surface area contributed by atoms with E-state index in [-0.39, 0.29) is 18.0 Å². The van der Waals surface area contributed by atoms with E-state index in [1.807, 2.05) is 13.8 Å². The third-order valence-corrected chi connectivity index (χ3v) is 3.79. The Labute approximate surface area is 102 Å². The fourth-order valence-corrected chi connectivity index (χ4v) is 2.88. The minimum absolute atomic E-state index is 0.0619. The number of rotatable bonds is 2. The van der Waals surface area contributed by atoms with Crippen LogP contribution in [0.5, 0.6) is 0 Å². The monoisotopic (exact) mass is 237 g/mol. The molecule has 1 aliphatic rings. The maximum atomic E-state index is 13.3. The zero-order valence-corrected chi connectivity index (χ0v) is 10.7. The maximum absolute atomic E-state index is 13.3. The van der Waals surface area contributed by atoms with E-state index in [1.54, 1.807) is 12.1 Å². The normalized spacial score (nSPS) is 26.2. The number of aryl methyl sites for hydroxylation is 2. The van der Waals surface area contributed by atoms with Gasteiger partial charge in [-0.05, 0) is 56.0 Å². The van der Waals surface area contributed by atoms with Gasteiger partial charge in [-0.3, -0.25) is 0 Å². The van der Waals surface area contributed by atoms with Crippen LogP contribution in [0.1, 0.15) is 36.1 Å². The summed E-state index contributed by atoms with van der Waals surface area (Å²) in [7, 11) is 0. The summed E-state index contributed by atoms with van der Waals surface area (Å²) < 4.78 is 18.8. The summed E-state index contributed by atoms with van der Waals surface area (Å²) in [5.74, 6) is 0.143. The lowest BCUT2D eigenvalue weighted by Crippen LogP contribution is -2.28. The molecule has 1 fully saturated rings. The molecular formula is C14H20FNO. The van der Waals surface area contributed by atoms with Crippen molar-refractivity contribution in [1.29, 1.82) is 0 Å². The van der Waals surface area contributed by atoms with E-state index in [1.165, 1.54) is 0 Å². The summed E-state index contributed by atoms with van der Waals surface area (Å²) in [5, 5.41) is 0. The van der Waals surface area contributed by atoms with Crippen molar-refractivity contribution in [1.82, 2.24) is 0 Å². The molecule has 17 heavy (non-hydrogen) atoms. The lowest BCUT2D eigenvalue weighted by molar-refractivity contribution is 0.0994. The molecule has 0 spiro atoms. The van der Waals surface area contributed by atoms with Gasteiger partial charge in [0, 0.05) is 18.6 Å². The Morgan fingerprint density at radius 1 is 1.35 bits per heavy atom. The van der Waals surface area contributed by atoms with Gasteiger partial charge in [-0.15, -0.1) is 0 Å². The van der Waals surface area contributed by atoms with Gasteiger partial charge >= 0.3 is 0 Å². The minimum atomic E-state index is -0.188. The van der Waals surface area contributed by atoms with Gasteiger partial charge in [0.05, 0.1) is 6.10 Å². The van der Waals surface area contributed by atoms with Gasteiger partial charge in [-0.2, -0.15) is 0 Å². The number of hydrogen-bond donors (Lipinski definition) is 1. The van der Waals surface area contributed by atoms with Crippen molar-refractivity contribution in [2.75, 3.05) is 6.61 Å². The summed E-state index contributed by atoms with van der Waals surface area (Å²) in [4.78, 5) is 0. The Morgan fingerprint density at radius 3 is 2.41 bits per heavy atom. The third-order valence-electron chi connectivity index (χ3n) is 3.79. The molecule has 1 saturated heterocycles. The highest BCUT2D eigenvalue weighted by Gasteiger charge is 2.32. The second-order valence-electron chi connectivity index (χ2n) is 5.01. The van der Waals surface area contributed by atoms with Gasteiger partial charge in [0.2, 0.25) is 0 Å². The summed E-state index contributed by atoms with van der Waals surface area (Å²) in [6.45, 7) is 6.68. The topological polar surface area (TPSA) is 35.2 Å². The maximum Gasteiger partial charge on any atom is 0.123 e. The highest BCUT2D eigenvalue weighted by molar-refractivity contribution is 5.37. The van der Waals surface area contributed by atoms with E-state index in [0.29, 0.717) is 5.92 Å². The van der Waals surface area contributed by atoms with Crippen molar-refractivity contribution in [2.45, 2.75) is 39.3 Å². The van der Waals surface area contributed by atoms with Gasteiger partial charge in [-0.1, -0.05) is 0 Å². The highest BCUT2D eigenvalue weighted by Crippen LogP contribution is 2.34. The molecule has 0 amide bonds. The van der Waals surface area contributed by atoms with Gasteiger partial charge < -0.3 is 10.5 Å². The van der Waals surface area contributed by atoms with Crippen LogP contribution in [-0.2, 0) is 4.74 Å². The Balaban J connectivity index is 2.33. The number of ether oxygens (including phenoxy) is 1. The van der Waals surface area contributed by atoms with Crippen LogP contribution in [0.4, 0.5) is 4.39 Å². The first-order chi connectivity index (χ1) is 8.00. The molecular weight excluding hydrogens is 217 g/mol. The fourth-order valence-electron chi connectivity index (χ4n) is 2.88. The van der Waals surface area contributed by atoms with E-state index in [0.717, 1.165) is 29.7 Å². The van der Waals surface area contributed by atoms with Gasteiger partial charge in [0.15, 0.2) is 0 Å². The molecule has 1 aromatic rings. The molecule has 2 N–H and O–H groups in total. The average molecular weight is 237 g/mol. The first kappa shape index (κ1) is 12.5. The molecule has 0 aliphatic carbocycles. The van der Waals surface area contributed by atoms with Crippen molar-refractivity contribution in [3.05, 3.63) is 34.6 Å². The van der Waals surface area contributed by atoms with Gasteiger partial charge in [0.1, 0.15) is 5.82 Å². The second-order valence-corrected chi connectivity index (χ2v) is 5.01. The second kappa shape index (κ2) is 4.75. The number of benzene rings is 1. The van der Waals surface area contributed by atoms with E-state index >= 15 is 0 Å². The van der Waals surface area contributed by atoms with Crippen LogP contribution in [0, 0.1) is 25.6 Å². The predicted octanol–water partition coefficient (Wildman–Crippen LogP) is 2.87. The molecule has 1 heterocycles. The molecule has 2 rings (SSSR count). The molecule has 0 bridgehead atoms. The number of halogens is 1. The molecule has 3 atom stereocenters. The van der Waals surface area contributed by atoms with Crippen LogP contribution in [0.15, 0.2) is 12.1 Å². The van der Waals surface area contributed by atoms with Crippen molar-refractivity contribution in [3.63, 3.8) is 0 Å². The molecule has 94 valence electrons. The molecule has 3 unspecified atom stereocenters. The summed E-state index contributed by atoms with van der Waals surface area (Å²) in [6, 6.07) is 3.05. The standard InChI is InChI=1S/C14H20FNO/c1-8-6-11(15)7-9(2)13(8)14(16)12-4-5-17-10(12)3/h6-7,10,12,14H,4-5,16H2,1-3H3. The predicted molar refractivity (Wildman–Crippen MR) is 66.3 cm³/mol. The first-order valence-electron chi connectivity index (χ1n) is 6.14. The molecule has 1 aliphatic heterocycles. The Bertz CT molecular complexity index is 396. The van der Waals surface area contributed by atoms with Crippen molar-refractivity contribution in [2.24, 2.45) is 11.7 Å². The number of hydrogen-bond acceptors (Lipinski definition) is 2. The van der Waals surface area contributed by atoms with E-state index in [2.05, 4.69) is 6.92 Å². The average Bonchev–Trinajstić information content (AvgIpc) is 2.62. The smallest absolute Gasteiger partial charge is 0.123 e. The van der Waals surface area contributed by atoms with E-state index in [4.69, 9.17) is 10.5 Å². The zero-order valence-electron chi connectivity index (χ0n) is 10.7. The summed E-state index contributed by atoms with van der Waals surface area (Å²) in [6.07, 6.45) is 1.17. The Morgan fingerprint density at radius 2 is 1.94 bits per heavy atom. The van der Waals surface area contributed by atoms with Crippen molar-refractivity contribution in [3.8, 4) is 0 Å². The lowest BCUT2D eigenvalue weighted by atomic mass is 9.85. The summed E-state index contributed by atoms with van der Waals surface area (Å²) in [5.41, 5.74) is 9.30. The van der Waals surface area contributed by atoms with E-state index in [9.17, 15) is 4.39 Å². The fraction of sp³-hybridized carbons (Fsp3) is 0.571. The molecule has 2 nitrogen and oxygen atoms in total. The SMILES string of the molecule is Cc1cc(F)cc(C)c1C(N)C1CCOC1C. The quantitative estimate of drug-likeness (QED) is 0.858. The van der Waals surface area contributed by atoms with E-state index < -0.39 is 0 Å². The number of nitrogens with two attached hydrogens (primary N) is 1. The zero-order chi connectivity index (χ0) is 12.6. The minimum Gasteiger partial charge on any atom is -0.378 e. The van der Waals surface area contributed by atoms with Crippen LogP contribution in [0.2, 0.25) is 0 Å². The summed E-state index contributed by atoms with van der Waals surface area (Å²) >= 11 is 0. The molecule has 0 radical (unpaired) electrons. The van der Waals surface area contributed by atoms with Crippen molar-refractivity contribution < 1.29 is 9.13 Å². The largest absolute Gasteiger partial charge is 0.378 e. The van der Waals surface area contributed by atoms with Gasteiger partial charge in [-0.25, -0.2) is 4.39 Å². The van der Waals surface area contributed by atoms with Crippen LogP contribution in [0.3, 0.4) is 0 Å². The molecule has 0 aromatic heterocycles. The molecule has 3 heteroatoms. The Hall–Kier alpha value is -0.930. The third kappa shape index (κ3) is 2.35.